The molecule has 2 rings (SSSR count). The molecule has 0 saturated heterocycles. The van der Waals surface area contributed by atoms with Crippen LogP contribution in [0, 0.1) is 22.7 Å². The molecule has 2 unspecified atom stereocenters. The van der Waals surface area contributed by atoms with Gasteiger partial charge < -0.3 is 14.9 Å². The number of carboxylic acids is 2. The summed E-state index contributed by atoms with van der Waals surface area (Å²) in [6.45, 7) is 8.20. The second kappa shape index (κ2) is 23.1. The van der Waals surface area contributed by atoms with E-state index in [2.05, 4.69) is 32.9 Å². The molecule has 2 atom stereocenters. The summed E-state index contributed by atoms with van der Waals surface area (Å²) in [5.74, 6) is -5.53. The summed E-state index contributed by atoms with van der Waals surface area (Å²) < 4.78 is 5.91. The number of esters is 2. The lowest BCUT2D eigenvalue weighted by molar-refractivity contribution is -0.170. The first-order valence-electron chi connectivity index (χ1n) is 20.2. The second-order valence-corrected chi connectivity index (χ2v) is 15.1. The van der Waals surface area contributed by atoms with Crippen molar-refractivity contribution in [3.8, 4) is 0 Å². The Morgan fingerprint density at radius 3 is 1.57 bits per heavy atom. The van der Waals surface area contributed by atoms with Gasteiger partial charge in [0, 0.05) is 6.42 Å². The minimum Gasteiger partial charge on any atom is -0.481 e. The topological polar surface area (TPSA) is 118 Å². The number of hydrogen-bond donors (Lipinski definition) is 2. The van der Waals surface area contributed by atoms with Crippen LogP contribution in [0.3, 0.4) is 0 Å². The summed E-state index contributed by atoms with van der Waals surface area (Å²) >= 11 is 0. The summed E-state index contributed by atoms with van der Waals surface area (Å²) in [5, 5.41) is 21.6. The second-order valence-electron chi connectivity index (χ2n) is 15.1. The van der Waals surface area contributed by atoms with E-state index in [0.717, 1.165) is 127 Å². The van der Waals surface area contributed by atoms with E-state index in [1.165, 1.54) is 0 Å². The van der Waals surface area contributed by atoms with E-state index in [4.69, 9.17) is 4.74 Å². The van der Waals surface area contributed by atoms with Gasteiger partial charge in [-0.05, 0) is 88.9 Å². The van der Waals surface area contributed by atoms with Crippen LogP contribution >= 0.6 is 0 Å². The molecule has 49 heavy (non-hydrogen) atoms. The Labute approximate surface area is 298 Å². The van der Waals surface area contributed by atoms with Crippen LogP contribution in [-0.4, -0.2) is 34.1 Å². The van der Waals surface area contributed by atoms with Crippen LogP contribution in [0.4, 0.5) is 0 Å². The van der Waals surface area contributed by atoms with Gasteiger partial charge in [-0.15, -0.1) is 0 Å². The van der Waals surface area contributed by atoms with Gasteiger partial charge in [-0.25, -0.2) is 0 Å². The van der Waals surface area contributed by atoms with Crippen molar-refractivity contribution < 1.29 is 34.1 Å². The molecule has 7 nitrogen and oxygen atoms in total. The summed E-state index contributed by atoms with van der Waals surface area (Å²) in [6.07, 6.45) is 25.1. The average Bonchev–Trinajstić information content (AvgIpc) is 3.10. The lowest BCUT2D eigenvalue weighted by Gasteiger charge is -2.49. The minimum absolute atomic E-state index is 0.178. The molecule has 2 N–H and O–H groups in total. The predicted molar refractivity (Wildman–Crippen MR) is 197 cm³/mol. The van der Waals surface area contributed by atoms with Crippen molar-refractivity contribution in [2.75, 3.05) is 0 Å². The fourth-order valence-electron chi connectivity index (χ4n) is 8.81. The number of ether oxygens (including phenoxy) is 1. The van der Waals surface area contributed by atoms with Crippen LogP contribution in [0.1, 0.15) is 195 Å². The molecule has 2 aliphatic carbocycles. The zero-order valence-electron chi connectivity index (χ0n) is 31.6. The van der Waals surface area contributed by atoms with Crippen molar-refractivity contribution >= 4 is 23.9 Å². The van der Waals surface area contributed by atoms with Crippen LogP contribution in [0.5, 0.6) is 0 Å². The van der Waals surface area contributed by atoms with E-state index in [1.807, 2.05) is 0 Å². The third kappa shape index (κ3) is 12.7. The molecule has 0 radical (unpaired) electrons. The molecular weight excluding hydrogens is 616 g/mol. The summed E-state index contributed by atoms with van der Waals surface area (Å²) in [7, 11) is 0. The van der Waals surface area contributed by atoms with Gasteiger partial charge in [-0.2, -0.15) is 0 Å². The lowest BCUT2D eigenvalue weighted by Crippen LogP contribution is -2.50. The Balaban J connectivity index is 2.84. The highest BCUT2D eigenvalue weighted by Gasteiger charge is 2.57. The van der Waals surface area contributed by atoms with Crippen molar-refractivity contribution in [3.05, 3.63) is 23.3 Å². The maximum absolute atomic E-state index is 15.0. The molecule has 0 spiro atoms. The van der Waals surface area contributed by atoms with Gasteiger partial charge in [0.2, 0.25) is 0 Å². The summed E-state index contributed by atoms with van der Waals surface area (Å²) in [6, 6.07) is 0. The fourth-order valence-corrected chi connectivity index (χ4v) is 8.81. The highest BCUT2D eigenvalue weighted by Crippen LogP contribution is 2.58. The molecule has 0 aliphatic heterocycles. The number of carboxylic acid groups (broad SMARTS) is 2. The van der Waals surface area contributed by atoms with E-state index in [9.17, 15) is 24.6 Å². The normalized spacial score (nSPS) is 16.7. The molecule has 0 aromatic carbocycles. The Morgan fingerprint density at radius 1 is 0.673 bits per heavy atom. The molecule has 2 aliphatic rings. The third-order valence-corrected chi connectivity index (χ3v) is 11.5. The first kappa shape index (κ1) is 42.7. The van der Waals surface area contributed by atoms with Crippen LogP contribution in [-0.2, 0) is 23.9 Å². The largest absolute Gasteiger partial charge is 0.481 e. The number of allylic oxidation sites excluding steroid dienone is 2. The number of rotatable bonds is 26. The van der Waals surface area contributed by atoms with Crippen LogP contribution in [0.2, 0.25) is 0 Å². The van der Waals surface area contributed by atoms with Gasteiger partial charge in [0.05, 0.1) is 11.8 Å². The highest BCUT2D eigenvalue weighted by atomic mass is 16.6. The SMILES string of the molecule is CCCCCCCC(=O)OC(=O)C(CC(CCCCCC)(CCCCCC)C(C(=O)O)C(CC)C(=O)O)(C1=CCCCC1)C1=CCCCC1. The van der Waals surface area contributed by atoms with Crippen molar-refractivity contribution in [1.29, 1.82) is 0 Å². The minimum atomic E-state index is -1.28. The monoisotopic (exact) mass is 687 g/mol. The fraction of sp³-hybridized carbons (Fsp3) is 0.810. The zero-order valence-corrected chi connectivity index (χ0v) is 31.6. The van der Waals surface area contributed by atoms with Crippen LogP contribution in [0.15, 0.2) is 23.3 Å². The Morgan fingerprint density at radius 2 is 1.16 bits per heavy atom. The molecule has 7 heteroatoms. The molecule has 0 fully saturated rings. The van der Waals surface area contributed by atoms with E-state index in [-0.39, 0.29) is 19.3 Å². The summed E-state index contributed by atoms with van der Waals surface area (Å²) in [5.41, 5.74) is -0.359. The highest BCUT2D eigenvalue weighted by molar-refractivity contribution is 5.93. The van der Waals surface area contributed by atoms with E-state index in [0.29, 0.717) is 32.1 Å². The van der Waals surface area contributed by atoms with Crippen molar-refractivity contribution in [2.24, 2.45) is 22.7 Å². The standard InChI is InChI=1S/C42H70O7/c1-5-9-12-15-22-29-36(43)49-40(48)42(33-25-18-16-19-26-33,34-27-20-17-21-28-34)32-41(30-23-13-10-6-2,31-24-14-11-7-3)37(39(46)47)35(8-4)38(44)45/h25,27,35,37H,5-24,26,28-32H2,1-4H3,(H,44,45)(H,46,47). The van der Waals surface area contributed by atoms with Crippen LogP contribution in [0.25, 0.3) is 0 Å². The molecule has 280 valence electrons. The Hall–Kier alpha value is -2.44. The number of carbonyl (C=O) groups is 4. The van der Waals surface area contributed by atoms with Gasteiger partial charge in [-0.3, -0.25) is 19.2 Å². The molecule has 0 saturated carbocycles. The molecule has 0 amide bonds. The van der Waals surface area contributed by atoms with Crippen LogP contribution < -0.4 is 0 Å². The van der Waals surface area contributed by atoms with Gasteiger partial charge in [0.25, 0.3) is 0 Å². The van der Waals surface area contributed by atoms with Gasteiger partial charge in [0.1, 0.15) is 5.41 Å². The Kier molecular flexibility index (Phi) is 20.2. The van der Waals surface area contributed by atoms with Crippen molar-refractivity contribution in [1.82, 2.24) is 0 Å². The molecule has 0 aromatic rings. The van der Waals surface area contributed by atoms with Gasteiger partial charge >= 0.3 is 23.9 Å². The van der Waals surface area contributed by atoms with Crippen molar-refractivity contribution in [2.45, 2.75) is 195 Å². The maximum Gasteiger partial charge on any atom is 0.328 e. The molecule has 0 aromatic heterocycles. The first-order valence-corrected chi connectivity index (χ1v) is 20.2. The van der Waals surface area contributed by atoms with Crippen molar-refractivity contribution in [3.63, 3.8) is 0 Å². The lowest BCUT2D eigenvalue weighted by atomic mass is 9.53. The van der Waals surface area contributed by atoms with Gasteiger partial charge in [-0.1, -0.05) is 128 Å². The molecule has 0 heterocycles. The first-order chi connectivity index (χ1) is 23.6. The summed E-state index contributed by atoms with van der Waals surface area (Å²) in [4.78, 5) is 54.8. The third-order valence-electron chi connectivity index (χ3n) is 11.5. The smallest absolute Gasteiger partial charge is 0.328 e. The molecular formula is C42H70O7. The van der Waals surface area contributed by atoms with E-state index in [1.54, 1.807) is 6.92 Å². The number of aliphatic carboxylic acids is 2. The van der Waals surface area contributed by atoms with E-state index >= 15 is 4.79 Å². The van der Waals surface area contributed by atoms with E-state index < -0.39 is 46.5 Å². The number of unbranched alkanes of at least 4 members (excludes halogenated alkanes) is 10. The zero-order chi connectivity index (χ0) is 36.1. The Bertz CT molecular complexity index is 1050. The maximum atomic E-state index is 15.0. The average molecular weight is 687 g/mol. The quantitative estimate of drug-likeness (QED) is 0.0402. The number of hydrogen-bond acceptors (Lipinski definition) is 5. The van der Waals surface area contributed by atoms with Gasteiger partial charge in [0.15, 0.2) is 0 Å². The number of carbonyl (C=O) groups excluding carboxylic acids is 2. The predicted octanol–water partition coefficient (Wildman–Crippen LogP) is 11.5. The molecule has 0 bridgehead atoms.